The third-order valence-corrected chi connectivity index (χ3v) is 8.52. The van der Waals surface area contributed by atoms with Gasteiger partial charge in [-0.15, -0.1) is 0 Å². The number of hydrogen-bond acceptors (Lipinski definition) is 2. The first kappa shape index (κ1) is 14.9. The van der Waals surface area contributed by atoms with Crippen LogP contribution in [0.5, 0.6) is 0 Å². The molecule has 0 heterocycles. The second-order valence-corrected chi connectivity index (χ2v) is 9.28. The van der Waals surface area contributed by atoms with Crippen molar-refractivity contribution in [3.05, 3.63) is 12.2 Å². The number of Topliss-reactive ketones (excluding diaryl/α,β-unsaturated/α-hetero) is 1. The number of carbonyl (C=O) groups is 1. The Morgan fingerprint density at radius 2 is 1.91 bits per heavy atom. The highest BCUT2D eigenvalue weighted by Gasteiger charge is 2.61. The Morgan fingerprint density at radius 1 is 1.14 bits per heavy atom. The van der Waals surface area contributed by atoms with Crippen LogP contribution in [0.1, 0.15) is 65.7 Å². The van der Waals surface area contributed by atoms with Crippen LogP contribution in [-0.4, -0.2) is 16.5 Å². The van der Waals surface area contributed by atoms with Crippen molar-refractivity contribution in [2.45, 2.75) is 71.3 Å². The summed E-state index contributed by atoms with van der Waals surface area (Å²) in [6.45, 7) is 6.77. The Labute approximate surface area is 134 Å². The molecule has 4 aliphatic carbocycles. The standard InChI is InChI=1S/C20H30O2/c1-18-9-6-14(21)12-13(18)4-5-15-16(18)7-10-19(2)17(15)8-11-20(19,3)22/h8,11,13,15-17,22H,4-7,9-10,12H2,1-3H3/t13?,15-,16-,17+,18+,19+,20?/m1/s1. The van der Waals surface area contributed by atoms with Crippen molar-refractivity contribution >= 4 is 5.78 Å². The van der Waals surface area contributed by atoms with Crippen LogP contribution in [0.15, 0.2) is 12.2 Å². The summed E-state index contributed by atoms with van der Waals surface area (Å²) < 4.78 is 0. The second kappa shape index (κ2) is 4.47. The Morgan fingerprint density at radius 3 is 2.68 bits per heavy atom. The Kier molecular flexibility index (Phi) is 3.03. The Bertz CT molecular complexity index is 534. The summed E-state index contributed by atoms with van der Waals surface area (Å²) in [4.78, 5) is 11.9. The number of aliphatic hydroxyl groups is 1. The van der Waals surface area contributed by atoms with Gasteiger partial charge in [-0.05, 0) is 68.1 Å². The first-order valence-electron chi connectivity index (χ1n) is 9.21. The summed E-state index contributed by atoms with van der Waals surface area (Å²) in [6.07, 6.45) is 11.9. The van der Waals surface area contributed by atoms with E-state index in [-0.39, 0.29) is 5.41 Å². The van der Waals surface area contributed by atoms with E-state index in [9.17, 15) is 9.90 Å². The van der Waals surface area contributed by atoms with E-state index in [0.29, 0.717) is 29.0 Å². The molecule has 122 valence electrons. The third kappa shape index (κ3) is 1.74. The van der Waals surface area contributed by atoms with Gasteiger partial charge in [-0.3, -0.25) is 4.79 Å². The van der Waals surface area contributed by atoms with E-state index in [1.54, 1.807) is 0 Å². The molecule has 0 amide bonds. The molecule has 2 heteroatoms. The largest absolute Gasteiger partial charge is 0.385 e. The number of hydrogen-bond donors (Lipinski definition) is 1. The van der Waals surface area contributed by atoms with E-state index < -0.39 is 5.60 Å². The fourth-order valence-electron chi connectivity index (χ4n) is 6.72. The van der Waals surface area contributed by atoms with E-state index in [1.165, 1.54) is 19.3 Å². The summed E-state index contributed by atoms with van der Waals surface area (Å²) in [7, 11) is 0. The van der Waals surface area contributed by atoms with Crippen molar-refractivity contribution in [3.63, 3.8) is 0 Å². The number of rotatable bonds is 0. The summed E-state index contributed by atoms with van der Waals surface area (Å²) in [5.41, 5.74) is -0.273. The van der Waals surface area contributed by atoms with Gasteiger partial charge in [-0.1, -0.05) is 26.0 Å². The van der Waals surface area contributed by atoms with Crippen LogP contribution in [0.4, 0.5) is 0 Å². The van der Waals surface area contributed by atoms with Gasteiger partial charge in [0.05, 0.1) is 5.60 Å². The Balaban J connectivity index is 1.66. The van der Waals surface area contributed by atoms with Crippen LogP contribution < -0.4 is 0 Å². The summed E-state index contributed by atoms with van der Waals surface area (Å²) in [6, 6.07) is 0. The quantitative estimate of drug-likeness (QED) is 0.683. The van der Waals surface area contributed by atoms with Crippen LogP contribution in [0.2, 0.25) is 0 Å². The summed E-state index contributed by atoms with van der Waals surface area (Å²) >= 11 is 0. The molecule has 0 spiro atoms. The fourth-order valence-corrected chi connectivity index (χ4v) is 6.72. The summed E-state index contributed by atoms with van der Waals surface area (Å²) in [5, 5.41) is 10.8. The molecule has 3 saturated carbocycles. The van der Waals surface area contributed by atoms with Gasteiger partial charge < -0.3 is 5.11 Å². The highest BCUT2D eigenvalue weighted by atomic mass is 16.3. The van der Waals surface area contributed by atoms with Gasteiger partial charge >= 0.3 is 0 Å². The molecule has 0 saturated heterocycles. The average molecular weight is 302 g/mol. The van der Waals surface area contributed by atoms with Crippen molar-refractivity contribution in [1.82, 2.24) is 0 Å². The molecule has 2 nitrogen and oxygen atoms in total. The first-order valence-corrected chi connectivity index (χ1v) is 9.21. The van der Waals surface area contributed by atoms with E-state index in [4.69, 9.17) is 0 Å². The molecular weight excluding hydrogens is 272 g/mol. The monoisotopic (exact) mass is 302 g/mol. The molecule has 0 radical (unpaired) electrons. The van der Waals surface area contributed by atoms with Crippen LogP contribution in [0.25, 0.3) is 0 Å². The van der Waals surface area contributed by atoms with Gasteiger partial charge in [0.1, 0.15) is 5.78 Å². The van der Waals surface area contributed by atoms with Crippen molar-refractivity contribution in [3.8, 4) is 0 Å². The molecule has 4 rings (SSSR count). The molecule has 0 aromatic heterocycles. The zero-order valence-electron chi connectivity index (χ0n) is 14.3. The number of allylic oxidation sites excluding steroid dienone is 1. The van der Waals surface area contributed by atoms with Crippen molar-refractivity contribution in [1.29, 1.82) is 0 Å². The highest BCUT2D eigenvalue weighted by Crippen LogP contribution is 2.66. The van der Waals surface area contributed by atoms with Gasteiger partial charge in [0, 0.05) is 18.3 Å². The molecule has 7 atom stereocenters. The molecular formula is C20H30O2. The maximum absolute atomic E-state index is 11.9. The molecule has 0 aliphatic heterocycles. The zero-order valence-corrected chi connectivity index (χ0v) is 14.3. The maximum atomic E-state index is 11.9. The average Bonchev–Trinajstić information content (AvgIpc) is 2.70. The van der Waals surface area contributed by atoms with Gasteiger partial charge in [-0.2, -0.15) is 0 Å². The number of fused-ring (bicyclic) bond motifs is 5. The molecule has 0 bridgehead atoms. The molecule has 4 aliphatic rings. The van der Waals surface area contributed by atoms with Crippen LogP contribution >= 0.6 is 0 Å². The highest BCUT2D eigenvalue weighted by molar-refractivity contribution is 5.79. The molecule has 2 unspecified atom stereocenters. The van der Waals surface area contributed by atoms with Gasteiger partial charge in [-0.25, -0.2) is 0 Å². The lowest BCUT2D eigenvalue weighted by atomic mass is 9.44. The second-order valence-electron chi connectivity index (χ2n) is 9.28. The zero-order chi connectivity index (χ0) is 15.8. The van der Waals surface area contributed by atoms with E-state index in [0.717, 1.165) is 31.6 Å². The van der Waals surface area contributed by atoms with Crippen LogP contribution in [0, 0.1) is 34.5 Å². The Hall–Kier alpha value is -0.630. The minimum Gasteiger partial charge on any atom is -0.385 e. The van der Waals surface area contributed by atoms with Gasteiger partial charge in [0.15, 0.2) is 0 Å². The lowest BCUT2D eigenvalue weighted by Gasteiger charge is -2.60. The van der Waals surface area contributed by atoms with Crippen molar-refractivity contribution in [2.75, 3.05) is 0 Å². The SMILES string of the molecule is CC1(O)C=C[C@H]2[C@@H]3CCC4CC(=O)CC[C@]4(C)[C@@H]3CC[C@@]21C. The number of ketones is 1. The first-order chi connectivity index (χ1) is 10.3. The van der Waals surface area contributed by atoms with Gasteiger partial charge in [0.25, 0.3) is 0 Å². The minimum atomic E-state index is -0.650. The topological polar surface area (TPSA) is 37.3 Å². The normalized spacial score (nSPS) is 57.2. The van der Waals surface area contributed by atoms with Crippen molar-refractivity contribution in [2.24, 2.45) is 34.5 Å². The van der Waals surface area contributed by atoms with E-state index in [1.807, 2.05) is 6.92 Å². The lowest BCUT2D eigenvalue weighted by Crippen LogP contribution is -2.56. The third-order valence-electron chi connectivity index (χ3n) is 8.52. The molecule has 22 heavy (non-hydrogen) atoms. The molecule has 1 N–H and O–H groups in total. The molecule has 3 fully saturated rings. The predicted octanol–water partition coefficient (Wildman–Crippen LogP) is 4.13. The van der Waals surface area contributed by atoms with E-state index >= 15 is 0 Å². The number of carbonyl (C=O) groups excluding carboxylic acids is 1. The van der Waals surface area contributed by atoms with Crippen molar-refractivity contribution < 1.29 is 9.90 Å². The fraction of sp³-hybridized carbons (Fsp3) is 0.850. The van der Waals surface area contributed by atoms with E-state index in [2.05, 4.69) is 26.0 Å². The minimum absolute atomic E-state index is 0.0157. The lowest BCUT2D eigenvalue weighted by molar-refractivity contribution is -0.148. The van der Waals surface area contributed by atoms with Crippen LogP contribution in [0.3, 0.4) is 0 Å². The van der Waals surface area contributed by atoms with Gasteiger partial charge in [0.2, 0.25) is 0 Å². The predicted molar refractivity (Wildman–Crippen MR) is 87.3 cm³/mol. The molecule has 0 aromatic carbocycles. The maximum Gasteiger partial charge on any atom is 0.133 e. The smallest absolute Gasteiger partial charge is 0.133 e. The van der Waals surface area contributed by atoms with Crippen LogP contribution in [-0.2, 0) is 4.79 Å². The summed E-state index contributed by atoms with van der Waals surface area (Å²) in [5.74, 6) is 3.08. The molecule has 0 aromatic rings.